The van der Waals surface area contributed by atoms with Crippen molar-refractivity contribution in [2.75, 3.05) is 11.9 Å². The van der Waals surface area contributed by atoms with Gasteiger partial charge in [0, 0.05) is 12.7 Å². The third-order valence-corrected chi connectivity index (χ3v) is 1.91. The van der Waals surface area contributed by atoms with Gasteiger partial charge >= 0.3 is 11.9 Å². The summed E-state index contributed by atoms with van der Waals surface area (Å²) in [7, 11) is 1.43. The van der Waals surface area contributed by atoms with Gasteiger partial charge < -0.3 is 10.0 Å². The predicted molar refractivity (Wildman–Crippen MR) is 52.2 cm³/mol. The molecule has 4 nitrogen and oxygen atoms in total. The zero-order chi connectivity index (χ0) is 10.7. The van der Waals surface area contributed by atoms with Crippen LogP contribution in [0.1, 0.15) is 5.56 Å². The second-order valence-corrected chi connectivity index (χ2v) is 3.00. The van der Waals surface area contributed by atoms with Gasteiger partial charge in [0.2, 0.25) is 0 Å². The summed E-state index contributed by atoms with van der Waals surface area (Å²) in [5.41, 5.74) is 1.63. The maximum absolute atomic E-state index is 11.1. The normalized spacial score (nSPS) is 9.57. The number of carboxylic acid groups (broad SMARTS) is 1. The van der Waals surface area contributed by atoms with Gasteiger partial charge in [-0.3, -0.25) is 4.79 Å². The first kappa shape index (κ1) is 10.2. The van der Waals surface area contributed by atoms with Crippen LogP contribution in [-0.2, 0) is 9.59 Å². The van der Waals surface area contributed by atoms with E-state index < -0.39 is 11.9 Å². The van der Waals surface area contributed by atoms with Gasteiger partial charge in [0.05, 0.1) is 0 Å². The molecule has 0 saturated heterocycles. The maximum Gasteiger partial charge on any atom is 0.394 e. The minimum Gasteiger partial charge on any atom is -0.474 e. The first-order valence-corrected chi connectivity index (χ1v) is 4.10. The smallest absolute Gasteiger partial charge is 0.394 e. The molecule has 0 atom stereocenters. The van der Waals surface area contributed by atoms with Crippen LogP contribution in [0.5, 0.6) is 0 Å². The summed E-state index contributed by atoms with van der Waals surface area (Å²) < 4.78 is 0. The number of carbonyl (C=O) groups is 2. The van der Waals surface area contributed by atoms with E-state index in [1.54, 1.807) is 12.1 Å². The van der Waals surface area contributed by atoms with Crippen LogP contribution in [0, 0.1) is 6.92 Å². The van der Waals surface area contributed by atoms with Crippen molar-refractivity contribution in [3.8, 4) is 0 Å². The van der Waals surface area contributed by atoms with Crippen LogP contribution in [0.4, 0.5) is 5.69 Å². The van der Waals surface area contributed by atoms with E-state index in [2.05, 4.69) is 0 Å². The van der Waals surface area contributed by atoms with E-state index in [-0.39, 0.29) is 0 Å². The lowest BCUT2D eigenvalue weighted by atomic mass is 10.2. The number of carboxylic acids is 1. The number of hydrogen-bond donors (Lipinski definition) is 1. The molecule has 0 aliphatic carbocycles. The molecule has 0 aliphatic heterocycles. The monoisotopic (exact) mass is 193 g/mol. The summed E-state index contributed by atoms with van der Waals surface area (Å²) in [6.07, 6.45) is 0. The third-order valence-electron chi connectivity index (χ3n) is 1.91. The van der Waals surface area contributed by atoms with E-state index in [0.29, 0.717) is 5.69 Å². The highest BCUT2D eigenvalue weighted by molar-refractivity contribution is 6.37. The number of benzene rings is 1. The molecule has 1 amide bonds. The molecular weight excluding hydrogens is 182 g/mol. The minimum atomic E-state index is -1.45. The number of rotatable bonds is 1. The van der Waals surface area contributed by atoms with Crippen LogP contribution in [0.25, 0.3) is 0 Å². The average molecular weight is 193 g/mol. The second-order valence-electron chi connectivity index (χ2n) is 3.00. The van der Waals surface area contributed by atoms with Crippen molar-refractivity contribution in [3.05, 3.63) is 29.8 Å². The fraction of sp³-hybridized carbons (Fsp3) is 0.200. The zero-order valence-electron chi connectivity index (χ0n) is 8.02. The summed E-state index contributed by atoms with van der Waals surface area (Å²) in [6.45, 7) is 1.92. The van der Waals surface area contributed by atoms with E-state index in [0.717, 1.165) is 10.5 Å². The van der Waals surface area contributed by atoms with Crippen molar-refractivity contribution in [3.63, 3.8) is 0 Å². The number of likely N-dealkylation sites (N-methyl/N-ethyl adjacent to an activating group) is 1. The molecule has 0 heterocycles. The van der Waals surface area contributed by atoms with Gasteiger partial charge in [-0.25, -0.2) is 4.79 Å². The summed E-state index contributed by atoms with van der Waals surface area (Å²) in [6, 6.07) is 7.05. The number of amides is 1. The number of hydrogen-bond acceptors (Lipinski definition) is 2. The van der Waals surface area contributed by atoms with Gasteiger partial charge in [0.1, 0.15) is 0 Å². The van der Waals surface area contributed by atoms with E-state index in [1.165, 1.54) is 7.05 Å². The second kappa shape index (κ2) is 3.91. The Balaban J connectivity index is 2.89. The minimum absolute atomic E-state index is 0.572. The molecule has 0 unspecified atom stereocenters. The van der Waals surface area contributed by atoms with Gasteiger partial charge in [-0.15, -0.1) is 0 Å². The summed E-state index contributed by atoms with van der Waals surface area (Å²) in [5.74, 6) is -2.39. The number of anilines is 1. The van der Waals surface area contributed by atoms with Gasteiger partial charge in [-0.2, -0.15) is 0 Å². The third kappa shape index (κ3) is 2.10. The first-order chi connectivity index (χ1) is 6.52. The lowest BCUT2D eigenvalue weighted by Gasteiger charge is -2.14. The van der Waals surface area contributed by atoms with E-state index >= 15 is 0 Å². The van der Waals surface area contributed by atoms with Crippen molar-refractivity contribution in [2.45, 2.75) is 6.92 Å². The number of aryl methyl sites for hydroxylation is 1. The average Bonchev–Trinajstić information content (AvgIpc) is 2.16. The number of aliphatic carboxylic acids is 1. The Hall–Kier alpha value is -1.84. The molecule has 0 fully saturated rings. The highest BCUT2D eigenvalue weighted by Gasteiger charge is 2.17. The summed E-state index contributed by atoms with van der Waals surface area (Å²) in [4.78, 5) is 22.5. The molecule has 74 valence electrons. The molecule has 4 heteroatoms. The molecule has 0 saturated carbocycles. The first-order valence-electron chi connectivity index (χ1n) is 4.10. The predicted octanol–water partition coefficient (Wildman–Crippen LogP) is 1.04. The molecule has 0 radical (unpaired) electrons. The molecule has 0 spiro atoms. The topological polar surface area (TPSA) is 57.6 Å². The molecule has 1 N–H and O–H groups in total. The Morgan fingerprint density at radius 2 is 1.71 bits per heavy atom. The molecule has 14 heavy (non-hydrogen) atoms. The Bertz CT molecular complexity index is 356. The Morgan fingerprint density at radius 3 is 2.14 bits per heavy atom. The van der Waals surface area contributed by atoms with Gasteiger partial charge in [-0.05, 0) is 19.1 Å². The SMILES string of the molecule is Cc1ccc(N(C)C(=O)C(=O)O)cc1. The van der Waals surface area contributed by atoms with E-state index in [9.17, 15) is 9.59 Å². The van der Waals surface area contributed by atoms with Crippen LogP contribution >= 0.6 is 0 Å². The van der Waals surface area contributed by atoms with Crippen LogP contribution < -0.4 is 4.90 Å². The van der Waals surface area contributed by atoms with E-state index in [1.807, 2.05) is 19.1 Å². The van der Waals surface area contributed by atoms with E-state index in [4.69, 9.17) is 5.11 Å². The standard InChI is InChI=1S/C10H11NO3/c1-7-3-5-8(6-4-7)11(2)9(12)10(13)14/h3-6H,1-2H3,(H,13,14). The van der Waals surface area contributed by atoms with Crippen molar-refractivity contribution in [2.24, 2.45) is 0 Å². The highest BCUT2D eigenvalue weighted by Crippen LogP contribution is 2.13. The molecule has 1 aromatic rings. The zero-order valence-corrected chi connectivity index (χ0v) is 8.02. The van der Waals surface area contributed by atoms with Crippen LogP contribution in [0.2, 0.25) is 0 Å². The molecule has 0 bridgehead atoms. The molecule has 1 rings (SSSR count). The van der Waals surface area contributed by atoms with Crippen molar-refractivity contribution >= 4 is 17.6 Å². The molecule has 0 aromatic heterocycles. The van der Waals surface area contributed by atoms with Gasteiger partial charge in [0.15, 0.2) is 0 Å². The lowest BCUT2D eigenvalue weighted by molar-refractivity contribution is -0.148. The van der Waals surface area contributed by atoms with Crippen molar-refractivity contribution < 1.29 is 14.7 Å². The van der Waals surface area contributed by atoms with Gasteiger partial charge in [-0.1, -0.05) is 17.7 Å². The Morgan fingerprint density at radius 1 is 1.21 bits per heavy atom. The van der Waals surface area contributed by atoms with Crippen LogP contribution in [0.3, 0.4) is 0 Å². The maximum atomic E-state index is 11.1. The van der Waals surface area contributed by atoms with Gasteiger partial charge in [0.25, 0.3) is 0 Å². The summed E-state index contributed by atoms with van der Waals surface area (Å²) in [5, 5.41) is 8.48. The van der Waals surface area contributed by atoms with Crippen molar-refractivity contribution in [1.82, 2.24) is 0 Å². The lowest BCUT2D eigenvalue weighted by Crippen LogP contribution is -2.32. The number of carbonyl (C=O) groups excluding carboxylic acids is 1. The fourth-order valence-corrected chi connectivity index (χ4v) is 1.03. The number of nitrogens with zero attached hydrogens (tertiary/aromatic N) is 1. The highest BCUT2D eigenvalue weighted by atomic mass is 16.4. The Kier molecular flexibility index (Phi) is 2.86. The largest absolute Gasteiger partial charge is 0.474 e. The fourth-order valence-electron chi connectivity index (χ4n) is 1.03. The Labute approximate surface area is 81.8 Å². The van der Waals surface area contributed by atoms with Crippen LogP contribution in [0.15, 0.2) is 24.3 Å². The summed E-state index contributed by atoms with van der Waals surface area (Å²) >= 11 is 0. The van der Waals surface area contributed by atoms with Crippen LogP contribution in [-0.4, -0.2) is 24.0 Å². The van der Waals surface area contributed by atoms with Crippen molar-refractivity contribution in [1.29, 1.82) is 0 Å². The molecule has 1 aromatic carbocycles. The quantitative estimate of drug-likeness (QED) is 0.678. The molecule has 0 aliphatic rings. The molecular formula is C10H11NO3.